The van der Waals surface area contributed by atoms with Crippen LogP contribution in [0.4, 0.5) is 0 Å². The van der Waals surface area contributed by atoms with E-state index in [2.05, 4.69) is 31.0 Å². The van der Waals surface area contributed by atoms with Gasteiger partial charge in [-0.2, -0.15) is 0 Å². The molecule has 1 heterocycles. The molecule has 1 aliphatic heterocycles. The first-order valence-electron chi connectivity index (χ1n) is 6.30. The molecule has 1 N–H and O–H groups in total. The van der Waals surface area contributed by atoms with Crippen molar-refractivity contribution in [2.45, 2.75) is 45.8 Å². The summed E-state index contributed by atoms with van der Waals surface area (Å²) in [6.07, 6.45) is 2.88. The van der Waals surface area contributed by atoms with Crippen LogP contribution in [0, 0.1) is 0 Å². The van der Waals surface area contributed by atoms with Crippen LogP contribution in [0.15, 0.2) is 0 Å². The fraction of sp³-hybridized carbons (Fsp3) is 1.00. The predicted molar refractivity (Wildman–Crippen MR) is 64.2 cm³/mol. The summed E-state index contributed by atoms with van der Waals surface area (Å²) in [5, 5.41) is 3.44. The number of hydrogen-bond donors (Lipinski definition) is 1. The second-order valence-electron chi connectivity index (χ2n) is 4.59. The summed E-state index contributed by atoms with van der Waals surface area (Å²) in [6.45, 7) is 12.1. The van der Waals surface area contributed by atoms with Crippen LogP contribution in [-0.2, 0) is 4.74 Å². The average Bonchev–Trinajstić information content (AvgIpc) is 2.23. The minimum absolute atomic E-state index is 0.407. The van der Waals surface area contributed by atoms with Gasteiger partial charge in [0.25, 0.3) is 0 Å². The van der Waals surface area contributed by atoms with Crippen LogP contribution in [0.3, 0.4) is 0 Å². The van der Waals surface area contributed by atoms with Crippen molar-refractivity contribution in [3.05, 3.63) is 0 Å². The van der Waals surface area contributed by atoms with Gasteiger partial charge in [-0.15, -0.1) is 0 Å². The van der Waals surface area contributed by atoms with Crippen LogP contribution in [0.5, 0.6) is 0 Å². The Morgan fingerprint density at radius 2 is 2.13 bits per heavy atom. The van der Waals surface area contributed by atoms with Crippen LogP contribution in [-0.4, -0.2) is 49.8 Å². The maximum Gasteiger partial charge on any atom is 0.0674 e. The van der Waals surface area contributed by atoms with Gasteiger partial charge in [0.1, 0.15) is 0 Å². The summed E-state index contributed by atoms with van der Waals surface area (Å²) in [6, 6.07) is 0.590. The maximum absolute atomic E-state index is 5.61. The molecule has 0 aromatic rings. The highest BCUT2D eigenvalue weighted by atomic mass is 16.5. The average molecular weight is 214 g/mol. The maximum atomic E-state index is 5.61. The summed E-state index contributed by atoms with van der Waals surface area (Å²) >= 11 is 0. The summed E-state index contributed by atoms with van der Waals surface area (Å²) in [5.74, 6) is 0. The first kappa shape index (κ1) is 12.9. The summed E-state index contributed by atoms with van der Waals surface area (Å²) in [7, 11) is 0. The molecular weight excluding hydrogens is 188 g/mol. The van der Waals surface area contributed by atoms with Crippen LogP contribution < -0.4 is 5.32 Å². The van der Waals surface area contributed by atoms with E-state index in [0.717, 1.165) is 26.2 Å². The lowest BCUT2D eigenvalue weighted by molar-refractivity contribution is -0.0494. The van der Waals surface area contributed by atoms with Crippen LogP contribution >= 0.6 is 0 Å². The van der Waals surface area contributed by atoms with E-state index in [1.54, 1.807) is 0 Å². The van der Waals surface area contributed by atoms with E-state index in [1.807, 2.05) is 0 Å². The zero-order valence-electron chi connectivity index (χ0n) is 10.5. The van der Waals surface area contributed by atoms with Crippen molar-refractivity contribution >= 4 is 0 Å². The largest absolute Gasteiger partial charge is 0.376 e. The van der Waals surface area contributed by atoms with Gasteiger partial charge in [-0.05, 0) is 46.3 Å². The molecule has 15 heavy (non-hydrogen) atoms. The van der Waals surface area contributed by atoms with Crippen molar-refractivity contribution in [1.82, 2.24) is 10.2 Å². The Morgan fingerprint density at radius 1 is 1.33 bits per heavy atom. The third-order valence-corrected chi connectivity index (χ3v) is 2.96. The molecule has 0 spiro atoms. The second kappa shape index (κ2) is 7.20. The fourth-order valence-electron chi connectivity index (χ4n) is 1.99. The third-order valence-electron chi connectivity index (χ3n) is 2.96. The van der Waals surface area contributed by atoms with E-state index in [0.29, 0.717) is 12.1 Å². The SMILES string of the molecule is CCCNCCCN1CC(C)OCC1C. The highest BCUT2D eigenvalue weighted by Gasteiger charge is 2.22. The Kier molecular flexibility index (Phi) is 6.22. The van der Waals surface area contributed by atoms with Gasteiger partial charge in [-0.1, -0.05) is 6.92 Å². The number of nitrogens with one attached hydrogen (secondary N) is 1. The molecule has 2 atom stereocenters. The minimum Gasteiger partial charge on any atom is -0.376 e. The zero-order chi connectivity index (χ0) is 11.1. The van der Waals surface area contributed by atoms with Gasteiger partial charge in [-0.3, -0.25) is 4.90 Å². The molecular formula is C12H26N2O. The highest BCUT2D eigenvalue weighted by Crippen LogP contribution is 2.11. The van der Waals surface area contributed by atoms with Crippen LogP contribution in [0.2, 0.25) is 0 Å². The first-order chi connectivity index (χ1) is 7.24. The third kappa shape index (κ3) is 4.96. The Bertz CT molecular complexity index is 164. The second-order valence-corrected chi connectivity index (χ2v) is 4.59. The molecule has 0 aromatic heterocycles. The van der Waals surface area contributed by atoms with Gasteiger partial charge >= 0.3 is 0 Å². The molecule has 3 nitrogen and oxygen atoms in total. The van der Waals surface area contributed by atoms with Crippen molar-refractivity contribution in [3.63, 3.8) is 0 Å². The molecule has 2 unspecified atom stereocenters. The molecule has 0 amide bonds. The van der Waals surface area contributed by atoms with Gasteiger partial charge < -0.3 is 10.1 Å². The van der Waals surface area contributed by atoms with E-state index in [9.17, 15) is 0 Å². The molecule has 3 heteroatoms. The Morgan fingerprint density at radius 3 is 2.87 bits per heavy atom. The number of ether oxygens (including phenoxy) is 1. The van der Waals surface area contributed by atoms with Crippen LogP contribution in [0.25, 0.3) is 0 Å². The van der Waals surface area contributed by atoms with E-state index in [4.69, 9.17) is 4.74 Å². The van der Waals surface area contributed by atoms with Crippen molar-refractivity contribution in [3.8, 4) is 0 Å². The van der Waals surface area contributed by atoms with Gasteiger partial charge in [0.05, 0.1) is 12.7 Å². The smallest absolute Gasteiger partial charge is 0.0674 e. The molecule has 0 aliphatic carbocycles. The lowest BCUT2D eigenvalue weighted by atomic mass is 10.2. The Balaban J connectivity index is 2.08. The first-order valence-corrected chi connectivity index (χ1v) is 6.30. The molecule has 1 saturated heterocycles. The normalized spacial score (nSPS) is 28.2. The lowest BCUT2D eigenvalue weighted by Crippen LogP contribution is -2.47. The Hall–Kier alpha value is -0.120. The fourth-order valence-corrected chi connectivity index (χ4v) is 1.99. The number of hydrogen-bond acceptors (Lipinski definition) is 3. The molecule has 0 bridgehead atoms. The van der Waals surface area contributed by atoms with Crippen LogP contribution in [0.1, 0.15) is 33.6 Å². The summed E-state index contributed by atoms with van der Waals surface area (Å²) in [5.41, 5.74) is 0. The number of nitrogens with zero attached hydrogens (tertiary/aromatic N) is 1. The Labute approximate surface area is 94.2 Å². The van der Waals surface area contributed by atoms with Gasteiger partial charge in [0, 0.05) is 12.6 Å². The zero-order valence-corrected chi connectivity index (χ0v) is 10.5. The topological polar surface area (TPSA) is 24.5 Å². The minimum atomic E-state index is 0.407. The van der Waals surface area contributed by atoms with E-state index >= 15 is 0 Å². The molecule has 0 radical (unpaired) electrons. The molecule has 0 aromatic carbocycles. The molecule has 1 fully saturated rings. The van der Waals surface area contributed by atoms with Gasteiger partial charge in [0.15, 0.2) is 0 Å². The van der Waals surface area contributed by atoms with Crippen molar-refractivity contribution < 1.29 is 4.74 Å². The lowest BCUT2D eigenvalue weighted by Gasteiger charge is -2.36. The van der Waals surface area contributed by atoms with E-state index in [1.165, 1.54) is 19.4 Å². The predicted octanol–water partition coefficient (Wildman–Crippen LogP) is 1.49. The molecule has 1 aliphatic rings. The van der Waals surface area contributed by atoms with Gasteiger partial charge in [0.2, 0.25) is 0 Å². The number of morpholine rings is 1. The quantitative estimate of drug-likeness (QED) is 0.678. The van der Waals surface area contributed by atoms with Crippen molar-refractivity contribution in [2.75, 3.05) is 32.8 Å². The molecule has 0 saturated carbocycles. The summed E-state index contributed by atoms with van der Waals surface area (Å²) in [4.78, 5) is 2.54. The van der Waals surface area contributed by atoms with E-state index < -0.39 is 0 Å². The van der Waals surface area contributed by atoms with Crippen molar-refractivity contribution in [1.29, 1.82) is 0 Å². The monoisotopic (exact) mass is 214 g/mol. The molecule has 90 valence electrons. The number of rotatable bonds is 6. The van der Waals surface area contributed by atoms with Gasteiger partial charge in [-0.25, -0.2) is 0 Å². The highest BCUT2D eigenvalue weighted by molar-refractivity contribution is 4.75. The van der Waals surface area contributed by atoms with E-state index in [-0.39, 0.29) is 0 Å². The molecule has 1 rings (SSSR count). The van der Waals surface area contributed by atoms with Crippen molar-refractivity contribution in [2.24, 2.45) is 0 Å². The standard InChI is InChI=1S/C12H26N2O/c1-4-6-13-7-5-8-14-9-12(3)15-10-11(14)2/h11-13H,4-10H2,1-3H3. The summed E-state index contributed by atoms with van der Waals surface area (Å²) < 4.78 is 5.61.